The van der Waals surface area contributed by atoms with Crippen LogP contribution in [-0.4, -0.2) is 17.5 Å². The van der Waals surface area contributed by atoms with Gasteiger partial charge in [0.25, 0.3) is 0 Å². The van der Waals surface area contributed by atoms with Gasteiger partial charge in [0.15, 0.2) is 0 Å². The molecular formula is C36H34O4P2PdS. The van der Waals surface area contributed by atoms with Crippen molar-refractivity contribution in [1.82, 2.24) is 0 Å². The van der Waals surface area contributed by atoms with E-state index in [0.29, 0.717) is 17.0 Å². The predicted octanol–water partition coefficient (Wildman–Crippen LogP) is 5.70. The maximum absolute atomic E-state index is 8.74. The van der Waals surface area contributed by atoms with Crippen molar-refractivity contribution < 1.29 is 34.5 Å². The molecule has 0 saturated carbocycles. The molecule has 0 amide bonds. The van der Waals surface area contributed by atoms with E-state index in [1.807, 2.05) is 0 Å². The van der Waals surface area contributed by atoms with Crippen LogP contribution in [0.5, 0.6) is 0 Å². The van der Waals surface area contributed by atoms with Crippen molar-refractivity contribution in [2.45, 2.75) is 0 Å². The number of hydrogen-bond donors (Lipinski definition) is 2. The van der Waals surface area contributed by atoms with Gasteiger partial charge in [0, 0.05) is 0 Å². The summed E-state index contributed by atoms with van der Waals surface area (Å²) in [6.07, 6.45) is 0. The van der Waals surface area contributed by atoms with E-state index in [1.165, 1.54) is 31.8 Å². The quantitative estimate of drug-likeness (QED) is 0.120. The van der Waals surface area contributed by atoms with E-state index in [9.17, 15) is 0 Å². The first-order valence-corrected chi connectivity index (χ1v) is 23.7. The number of rotatable bonds is 8. The SMILES string of the molecule is O=S(=O)(O)O.c1ccc([PH]([Pd][PH](c2ccccc2)(c2ccccc2)c2ccccc2)(c2ccccc2)c2ccccc2)cc1. The van der Waals surface area contributed by atoms with E-state index in [1.54, 1.807) is 0 Å². The van der Waals surface area contributed by atoms with Crippen molar-refractivity contribution in [2.24, 2.45) is 0 Å². The van der Waals surface area contributed by atoms with Gasteiger partial charge in [0.2, 0.25) is 0 Å². The summed E-state index contributed by atoms with van der Waals surface area (Å²) in [5.74, 6) is 0. The Morgan fingerprint density at radius 3 is 0.614 bits per heavy atom. The second-order valence-electron chi connectivity index (χ2n) is 9.95. The third-order valence-corrected chi connectivity index (χ3v) is 34.2. The van der Waals surface area contributed by atoms with Gasteiger partial charge in [-0.1, -0.05) is 0 Å². The zero-order valence-electron chi connectivity index (χ0n) is 23.8. The van der Waals surface area contributed by atoms with Crippen LogP contribution < -0.4 is 31.8 Å². The fourth-order valence-electron chi connectivity index (χ4n) is 5.40. The van der Waals surface area contributed by atoms with Crippen molar-refractivity contribution in [3.8, 4) is 0 Å². The topological polar surface area (TPSA) is 74.6 Å². The molecule has 0 aliphatic heterocycles. The van der Waals surface area contributed by atoms with E-state index in [0.717, 1.165) is 0 Å². The Bertz CT molecular complexity index is 1520. The van der Waals surface area contributed by atoms with Crippen LogP contribution in [0.4, 0.5) is 0 Å². The number of hydrogen-bond acceptors (Lipinski definition) is 2. The van der Waals surface area contributed by atoms with Crippen LogP contribution in [0.2, 0.25) is 0 Å². The summed E-state index contributed by atoms with van der Waals surface area (Å²) in [7, 11) is -4.67. The Kier molecular flexibility index (Phi) is 10.7. The normalized spacial score (nSPS) is 12.5. The Morgan fingerprint density at radius 2 is 0.477 bits per heavy atom. The first kappa shape index (κ1) is 32.1. The maximum atomic E-state index is 8.74. The molecular weight excluding hydrogens is 697 g/mol. The average molecular weight is 731 g/mol. The van der Waals surface area contributed by atoms with Crippen molar-refractivity contribution in [3.05, 3.63) is 182 Å². The molecule has 2 N–H and O–H groups in total. The standard InChI is InChI=1S/2C18H15P.H2O4S.Pd/c2*1-4-10-16(11-5-1)19(17-12-6-2-7-13-17)18-14-8-3-9-15-18;1-5(2,3)4;/h2*1-15H;(H2,1,2,3,4);/q;;;-2/p+2. The molecule has 44 heavy (non-hydrogen) atoms. The third kappa shape index (κ3) is 7.32. The van der Waals surface area contributed by atoms with Gasteiger partial charge in [-0.2, -0.15) is 8.42 Å². The van der Waals surface area contributed by atoms with Crippen LogP contribution in [-0.2, 0) is 27.4 Å². The fraction of sp³-hybridized carbons (Fsp3) is 0. The molecule has 6 rings (SSSR count). The second-order valence-corrected chi connectivity index (χ2v) is 27.9. The van der Waals surface area contributed by atoms with Crippen molar-refractivity contribution in [1.29, 1.82) is 0 Å². The predicted molar refractivity (Wildman–Crippen MR) is 187 cm³/mol. The van der Waals surface area contributed by atoms with Gasteiger partial charge >= 0.3 is 252 Å². The van der Waals surface area contributed by atoms with Gasteiger partial charge in [-0.05, 0) is 0 Å². The van der Waals surface area contributed by atoms with Crippen LogP contribution in [0.15, 0.2) is 182 Å². The minimum atomic E-state index is -4.67. The Labute approximate surface area is 268 Å². The summed E-state index contributed by atoms with van der Waals surface area (Å²) in [6.45, 7) is 0. The van der Waals surface area contributed by atoms with Crippen molar-refractivity contribution >= 4 is 53.1 Å². The minimum absolute atomic E-state index is 0.381. The van der Waals surface area contributed by atoms with Crippen molar-refractivity contribution in [3.63, 3.8) is 0 Å². The van der Waals surface area contributed by atoms with Gasteiger partial charge in [-0.25, -0.2) is 0 Å². The second kappa shape index (κ2) is 14.7. The van der Waals surface area contributed by atoms with Gasteiger partial charge < -0.3 is 0 Å². The van der Waals surface area contributed by atoms with Gasteiger partial charge in [0.05, 0.1) is 0 Å². The summed E-state index contributed by atoms with van der Waals surface area (Å²) in [4.78, 5) is 0. The molecule has 6 aromatic rings. The molecule has 4 nitrogen and oxygen atoms in total. The van der Waals surface area contributed by atoms with E-state index in [2.05, 4.69) is 182 Å². The molecule has 0 aliphatic rings. The summed E-state index contributed by atoms with van der Waals surface area (Å²) >= 11 is 0.381. The zero-order chi connectivity index (χ0) is 30.9. The Morgan fingerprint density at radius 1 is 0.341 bits per heavy atom. The van der Waals surface area contributed by atoms with Crippen LogP contribution >= 0.6 is 10.9 Å². The first-order chi connectivity index (χ1) is 21.3. The van der Waals surface area contributed by atoms with E-state index < -0.39 is 21.3 Å². The van der Waals surface area contributed by atoms with Crippen molar-refractivity contribution in [2.75, 3.05) is 0 Å². The van der Waals surface area contributed by atoms with Crippen LogP contribution in [0, 0.1) is 0 Å². The van der Waals surface area contributed by atoms with Gasteiger partial charge in [0.1, 0.15) is 0 Å². The molecule has 0 bridgehead atoms. The average Bonchev–Trinajstić information content (AvgIpc) is 3.07. The van der Waals surface area contributed by atoms with Crippen LogP contribution in [0.1, 0.15) is 0 Å². The Balaban J connectivity index is 0.000000712. The summed E-state index contributed by atoms with van der Waals surface area (Å²) < 4.78 is 31.6. The molecule has 0 aliphatic carbocycles. The molecule has 0 aromatic heterocycles. The monoisotopic (exact) mass is 730 g/mol. The van der Waals surface area contributed by atoms with Crippen LogP contribution in [0.3, 0.4) is 0 Å². The molecule has 0 fully saturated rings. The Hall–Kier alpha value is -3.29. The molecule has 0 saturated heterocycles. The zero-order valence-corrected chi connectivity index (χ0v) is 28.1. The summed E-state index contributed by atoms with van der Waals surface area (Å²) in [5, 5.41) is 8.89. The van der Waals surface area contributed by atoms with E-state index >= 15 is 0 Å². The first-order valence-electron chi connectivity index (χ1n) is 14.0. The van der Waals surface area contributed by atoms with Crippen LogP contribution in [0.25, 0.3) is 0 Å². The molecule has 6 aromatic carbocycles. The third-order valence-electron chi connectivity index (χ3n) is 7.16. The molecule has 8 heteroatoms. The van der Waals surface area contributed by atoms with E-state index in [4.69, 9.17) is 17.5 Å². The summed E-state index contributed by atoms with van der Waals surface area (Å²) in [5.41, 5.74) is -4.99. The number of benzene rings is 6. The van der Waals surface area contributed by atoms with E-state index in [-0.39, 0.29) is 0 Å². The molecule has 0 unspecified atom stereocenters. The molecule has 0 atom stereocenters. The molecule has 0 heterocycles. The molecule has 0 radical (unpaired) electrons. The summed E-state index contributed by atoms with van der Waals surface area (Å²) in [6, 6.07) is 68.4. The van der Waals surface area contributed by atoms with Gasteiger partial charge in [-0.15, -0.1) is 0 Å². The van der Waals surface area contributed by atoms with Gasteiger partial charge in [-0.3, -0.25) is 9.11 Å². The fourth-order valence-corrected chi connectivity index (χ4v) is 39.4. The molecule has 228 valence electrons. The molecule has 0 spiro atoms.